The van der Waals surface area contributed by atoms with Crippen LogP contribution in [0.5, 0.6) is 5.75 Å². The first-order valence-corrected chi connectivity index (χ1v) is 11.2. The van der Waals surface area contributed by atoms with Gasteiger partial charge in [-0.05, 0) is 28.6 Å². The van der Waals surface area contributed by atoms with Crippen molar-refractivity contribution in [3.05, 3.63) is 57.9 Å². The van der Waals surface area contributed by atoms with Crippen molar-refractivity contribution in [2.45, 2.75) is 13.0 Å². The Morgan fingerprint density at radius 3 is 2.89 bits per heavy atom. The molecule has 2 aromatic heterocycles. The van der Waals surface area contributed by atoms with E-state index in [0.29, 0.717) is 0 Å². The molecule has 5 nitrogen and oxygen atoms in total. The Bertz CT molecular complexity index is 975. The van der Waals surface area contributed by atoms with Crippen LogP contribution in [0.2, 0.25) is 0 Å². The minimum Gasteiger partial charge on any atom is -0.493 e. The quantitative estimate of drug-likeness (QED) is 0.656. The van der Waals surface area contributed by atoms with E-state index in [1.807, 2.05) is 22.4 Å². The highest BCUT2D eigenvalue weighted by Crippen LogP contribution is 2.30. The highest BCUT2D eigenvalue weighted by molar-refractivity contribution is 7.21. The van der Waals surface area contributed by atoms with Gasteiger partial charge in [-0.15, -0.1) is 22.7 Å². The van der Waals surface area contributed by atoms with Crippen LogP contribution in [0.4, 0.5) is 0 Å². The molecular formula is C21H21N3O2S2. The number of thiophene rings is 1. The molecule has 3 aromatic rings. The molecule has 0 radical (unpaired) electrons. The highest BCUT2D eigenvalue weighted by Gasteiger charge is 2.24. The summed E-state index contributed by atoms with van der Waals surface area (Å²) in [7, 11) is 0. The molecule has 0 atom stereocenters. The minimum absolute atomic E-state index is 0.106. The summed E-state index contributed by atoms with van der Waals surface area (Å²) >= 11 is 3.14. The second-order valence-electron chi connectivity index (χ2n) is 7.12. The van der Waals surface area contributed by atoms with Crippen LogP contribution in [0.1, 0.15) is 20.8 Å². The molecule has 1 aromatic carbocycles. The average Bonchev–Trinajstić information content (AvgIpc) is 3.48. The number of piperazine rings is 1. The second kappa shape index (κ2) is 7.66. The van der Waals surface area contributed by atoms with E-state index < -0.39 is 0 Å². The topological polar surface area (TPSA) is 45.7 Å². The van der Waals surface area contributed by atoms with Gasteiger partial charge in [0.05, 0.1) is 17.7 Å². The molecule has 0 spiro atoms. The summed E-state index contributed by atoms with van der Waals surface area (Å²) in [6, 6.07) is 10.6. The maximum Gasteiger partial charge on any atom is 0.265 e. The lowest BCUT2D eigenvalue weighted by Gasteiger charge is -2.34. The number of fused-ring (bicyclic) bond motifs is 1. The van der Waals surface area contributed by atoms with E-state index in [0.717, 1.165) is 66.3 Å². The maximum atomic E-state index is 12.8. The van der Waals surface area contributed by atoms with Crippen molar-refractivity contribution >= 4 is 28.6 Å². The molecule has 0 bridgehead atoms. The summed E-state index contributed by atoms with van der Waals surface area (Å²) in [6.45, 7) is 5.05. The van der Waals surface area contributed by atoms with Gasteiger partial charge in [0.2, 0.25) is 0 Å². The monoisotopic (exact) mass is 411 g/mol. The largest absolute Gasteiger partial charge is 0.493 e. The van der Waals surface area contributed by atoms with Crippen molar-refractivity contribution in [1.82, 2.24) is 14.8 Å². The summed E-state index contributed by atoms with van der Waals surface area (Å²) in [5.74, 6) is 1.14. The van der Waals surface area contributed by atoms with E-state index in [-0.39, 0.29) is 5.91 Å². The average molecular weight is 412 g/mol. The van der Waals surface area contributed by atoms with E-state index in [9.17, 15) is 4.79 Å². The molecule has 4 heterocycles. The standard InChI is InChI=1S/C21H21N3O2S2/c25-21(19-13-22-20(28-19)18-2-1-11-27-18)24-8-6-23(7-9-24)14-15-3-4-17-16(12-15)5-10-26-17/h1-4,11-13H,5-10,14H2. The van der Waals surface area contributed by atoms with E-state index in [1.54, 1.807) is 17.5 Å². The fourth-order valence-electron chi connectivity index (χ4n) is 3.75. The van der Waals surface area contributed by atoms with E-state index in [4.69, 9.17) is 4.74 Å². The number of aromatic nitrogens is 1. The van der Waals surface area contributed by atoms with Crippen LogP contribution in [0.15, 0.2) is 41.9 Å². The molecular weight excluding hydrogens is 390 g/mol. The molecule has 7 heteroatoms. The summed E-state index contributed by atoms with van der Waals surface area (Å²) in [4.78, 5) is 23.5. The summed E-state index contributed by atoms with van der Waals surface area (Å²) in [5, 5.41) is 2.96. The van der Waals surface area contributed by atoms with Gasteiger partial charge in [0, 0.05) is 39.1 Å². The van der Waals surface area contributed by atoms with Crippen LogP contribution < -0.4 is 4.74 Å². The van der Waals surface area contributed by atoms with Crippen LogP contribution in [-0.2, 0) is 13.0 Å². The first kappa shape index (κ1) is 17.8. The number of carbonyl (C=O) groups is 1. The van der Waals surface area contributed by atoms with Gasteiger partial charge in [-0.3, -0.25) is 9.69 Å². The van der Waals surface area contributed by atoms with Gasteiger partial charge in [0.25, 0.3) is 5.91 Å². The van der Waals surface area contributed by atoms with E-state index in [2.05, 4.69) is 28.1 Å². The van der Waals surface area contributed by atoms with Crippen LogP contribution in [0.25, 0.3) is 9.88 Å². The number of ether oxygens (including phenoxy) is 1. The van der Waals surface area contributed by atoms with Crippen LogP contribution in [0.3, 0.4) is 0 Å². The Morgan fingerprint density at radius 2 is 2.07 bits per heavy atom. The minimum atomic E-state index is 0.106. The van der Waals surface area contributed by atoms with Gasteiger partial charge in [-0.25, -0.2) is 4.98 Å². The summed E-state index contributed by atoms with van der Waals surface area (Å²) in [6.07, 6.45) is 2.73. The van der Waals surface area contributed by atoms with E-state index in [1.165, 1.54) is 22.5 Å². The molecule has 2 aliphatic rings. The number of hydrogen-bond donors (Lipinski definition) is 0. The fourth-order valence-corrected chi connectivity index (χ4v) is 5.44. The number of rotatable bonds is 4. The number of amides is 1. The Morgan fingerprint density at radius 1 is 1.18 bits per heavy atom. The molecule has 28 heavy (non-hydrogen) atoms. The zero-order chi connectivity index (χ0) is 18.9. The molecule has 144 valence electrons. The zero-order valence-corrected chi connectivity index (χ0v) is 17.1. The molecule has 2 aliphatic heterocycles. The van der Waals surface area contributed by atoms with Crippen molar-refractivity contribution in [3.63, 3.8) is 0 Å². The SMILES string of the molecule is O=C(c1cnc(-c2cccs2)s1)N1CCN(Cc2ccc3c(c2)CCO3)CC1. The molecule has 0 unspecified atom stereocenters. The molecule has 0 aliphatic carbocycles. The number of hydrogen-bond acceptors (Lipinski definition) is 6. The van der Waals surface area contributed by atoms with Crippen molar-refractivity contribution in [3.8, 4) is 15.6 Å². The predicted octanol–water partition coefficient (Wildman–Crippen LogP) is 3.76. The maximum absolute atomic E-state index is 12.8. The van der Waals surface area contributed by atoms with Crippen LogP contribution in [0, 0.1) is 0 Å². The first-order valence-electron chi connectivity index (χ1n) is 9.52. The van der Waals surface area contributed by atoms with Crippen LogP contribution >= 0.6 is 22.7 Å². The Hall–Kier alpha value is -2.22. The highest BCUT2D eigenvalue weighted by atomic mass is 32.1. The van der Waals surface area contributed by atoms with Gasteiger partial charge in [-0.2, -0.15) is 0 Å². The van der Waals surface area contributed by atoms with Gasteiger partial charge < -0.3 is 9.64 Å². The molecule has 5 rings (SSSR count). The van der Waals surface area contributed by atoms with Crippen LogP contribution in [-0.4, -0.2) is 53.5 Å². The van der Waals surface area contributed by atoms with Gasteiger partial charge in [-0.1, -0.05) is 18.2 Å². The number of carbonyl (C=O) groups excluding carboxylic acids is 1. The number of benzene rings is 1. The van der Waals surface area contributed by atoms with Crippen molar-refractivity contribution in [2.75, 3.05) is 32.8 Å². The molecule has 1 fully saturated rings. The number of thiazole rings is 1. The molecule has 1 saturated heterocycles. The van der Waals surface area contributed by atoms with E-state index >= 15 is 0 Å². The third-order valence-corrected chi connectivity index (χ3v) is 7.29. The first-order chi connectivity index (χ1) is 13.8. The van der Waals surface area contributed by atoms with Gasteiger partial charge in [0.1, 0.15) is 15.6 Å². The summed E-state index contributed by atoms with van der Waals surface area (Å²) in [5.41, 5.74) is 2.64. The number of nitrogens with zero attached hydrogens (tertiary/aromatic N) is 3. The fraction of sp³-hybridized carbons (Fsp3) is 0.333. The lowest BCUT2D eigenvalue weighted by Crippen LogP contribution is -2.48. The lowest BCUT2D eigenvalue weighted by molar-refractivity contribution is 0.0633. The molecule has 1 amide bonds. The lowest BCUT2D eigenvalue weighted by atomic mass is 10.1. The Labute approximate surface area is 172 Å². The molecule has 0 N–H and O–H groups in total. The summed E-state index contributed by atoms with van der Waals surface area (Å²) < 4.78 is 5.59. The van der Waals surface area contributed by atoms with Crippen molar-refractivity contribution in [2.24, 2.45) is 0 Å². The third kappa shape index (κ3) is 3.57. The molecule has 0 saturated carbocycles. The normalized spacial score (nSPS) is 16.8. The Balaban J connectivity index is 1.18. The predicted molar refractivity (Wildman–Crippen MR) is 112 cm³/mol. The second-order valence-corrected chi connectivity index (χ2v) is 9.09. The Kier molecular flexibility index (Phi) is 4.88. The van der Waals surface area contributed by atoms with Crippen molar-refractivity contribution in [1.29, 1.82) is 0 Å². The van der Waals surface area contributed by atoms with Crippen molar-refractivity contribution < 1.29 is 9.53 Å². The van der Waals surface area contributed by atoms with Gasteiger partial charge in [0.15, 0.2) is 0 Å². The van der Waals surface area contributed by atoms with Gasteiger partial charge >= 0.3 is 0 Å². The third-order valence-electron chi connectivity index (χ3n) is 5.27. The zero-order valence-electron chi connectivity index (χ0n) is 15.5. The smallest absolute Gasteiger partial charge is 0.265 e.